The molecule has 0 atom stereocenters. The van der Waals surface area contributed by atoms with Crippen molar-refractivity contribution in [1.82, 2.24) is 10.6 Å². The molecule has 1 aliphatic rings. The van der Waals surface area contributed by atoms with Gasteiger partial charge in [-0.05, 0) is 55.7 Å². The van der Waals surface area contributed by atoms with Crippen LogP contribution in [0.1, 0.15) is 52.0 Å². The summed E-state index contributed by atoms with van der Waals surface area (Å²) in [7, 11) is 0. The number of nitrogens with zero attached hydrogens (tertiary/aromatic N) is 1. The molecule has 0 aliphatic heterocycles. The molecule has 0 unspecified atom stereocenters. The van der Waals surface area contributed by atoms with E-state index in [0.29, 0.717) is 23.8 Å². The Morgan fingerprint density at radius 3 is 2.39 bits per heavy atom. The van der Waals surface area contributed by atoms with E-state index in [1.165, 1.54) is 25.7 Å². The van der Waals surface area contributed by atoms with Gasteiger partial charge in [0.15, 0.2) is 5.96 Å². The molecule has 0 amide bonds. The predicted octanol–water partition coefficient (Wildman–Crippen LogP) is 4.03. The van der Waals surface area contributed by atoms with Gasteiger partial charge < -0.3 is 15.7 Å². The molecule has 0 bridgehead atoms. The van der Waals surface area contributed by atoms with Gasteiger partial charge in [-0.2, -0.15) is 0 Å². The van der Waals surface area contributed by atoms with Crippen LogP contribution in [0.15, 0.2) is 29.3 Å². The molecule has 0 aromatic heterocycles. The zero-order chi connectivity index (χ0) is 16.0. The third-order valence-corrected chi connectivity index (χ3v) is 4.38. The zero-order valence-corrected chi connectivity index (χ0v) is 16.8. The maximum absolute atomic E-state index is 9.32. The molecule has 0 radical (unpaired) electrons. The summed E-state index contributed by atoms with van der Waals surface area (Å²) >= 11 is 0. The third kappa shape index (κ3) is 6.97. The Morgan fingerprint density at radius 1 is 1.22 bits per heavy atom. The van der Waals surface area contributed by atoms with E-state index in [2.05, 4.69) is 36.4 Å². The van der Waals surface area contributed by atoms with Crippen LogP contribution in [0.25, 0.3) is 0 Å². The Kier molecular flexibility index (Phi) is 8.16. The van der Waals surface area contributed by atoms with Gasteiger partial charge >= 0.3 is 0 Å². The van der Waals surface area contributed by atoms with Crippen LogP contribution < -0.4 is 10.6 Å². The Balaban J connectivity index is 0.00000264. The van der Waals surface area contributed by atoms with Gasteiger partial charge in [-0.25, -0.2) is 4.99 Å². The fourth-order valence-corrected chi connectivity index (χ4v) is 2.83. The normalized spacial score (nSPS) is 18.1. The number of phenolic OH excluding ortho intramolecular Hbond substituents is 1. The van der Waals surface area contributed by atoms with Gasteiger partial charge in [0.25, 0.3) is 0 Å². The van der Waals surface area contributed by atoms with Crippen LogP contribution in [0.2, 0.25) is 0 Å². The van der Waals surface area contributed by atoms with E-state index in [-0.39, 0.29) is 24.0 Å². The summed E-state index contributed by atoms with van der Waals surface area (Å²) in [6.07, 6.45) is 4.94. The van der Waals surface area contributed by atoms with Crippen LogP contribution in [-0.2, 0) is 6.54 Å². The van der Waals surface area contributed by atoms with Crippen LogP contribution in [0.4, 0.5) is 0 Å². The van der Waals surface area contributed by atoms with Crippen molar-refractivity contribution in [1.29, 1.82) is 0 Å². The number of nitrogens with one attached hydrogen (secondary N) is 2. The van der Waals surface area contributed by atoms with Crippen LogP contribution in [-0.4, -0.2) is 23.7 Å². The molecule has 5 heteroatoms. The lowest BCUT2D eigenvalue weighted by atomic mass is 9.75. The number of aliphatic imine (C=N–C) groups is 1. The average molecular weight is 431 g/mol. The van der Waals surface area contributed by atoms with E-state index >= 15 is 0 Å². The third-order valence-electron chi connectivity index (χ3n) is 4.38. The minimum Gasteiger partial charge on any atom is -0.508 e. The maximum atomic E-state index is 9.32. The number of phenols is 1. The molecule has 23 heavy (non-hydrogen) atoms. The van der Waals surface area contributed by atoms with E-state index in [1.54, 1.807) is 12.1 Å². The average Bonchev–Trinajstić information content (AvgIpc) is 2.49. The molecule has 1 fully saturated rings. The van der Waals surface area contributed by atoms with Crippen LogP contribution in [0.5, 0.6) is 5.75 Å². The molecule has 1 aromatic rings. The summed E-state index contributed by atoms with van der Waals surface area (Å²) in [5.74, 6) is 1.18. The Labute approximate surface area is 157 Å². The number of rotatable bonds is 4. The molecule has 4 nitrogen and oxygen atoms in total. The smallest absolute Gasteiger partial charge is 0.191 e. The van der Waals surface area contributed by atoms with Gasteiger partial charge in [-0.1, -0.05) is 26.0 Å². The highest BCUT2D eigenvalue weighted by atomic mass is 127. The number of aromatic hydroxyl groups is 1. The van der Waals surface area contributed by atoms with Gasteiger partial charge in [-0.3, -0.25) is 0 Å². The minimum absolute atomic E-state index is 0. The number of halogens is 1. The van der Waals surface area contributed by atoms with E-state index in [9.17, 15) is 5.11 Å². The molecule has 130 valence electrons. The molecule has 1 aromatic carbocycles. The second kappa shape index (κ2) is 9.35. The molecule has 0 saturated heterocycles. The molecule has 1 aliphatic carbocycles. The molecule has 0 heterocycles. The standard InChI is InChI=1S/C18H29N3O.HI/c1-4-19-17(20-13-14-5-7-16(22)8-6-14)21-15-9-11-18(2,3)12-10-15;/h5-8,15,22H,4,9-13H2,1-3H3,(H2,19,20,21);1H. The van der Waals surface area contributed by atoms with Gasteiger partial charge in [0.05, 0.1) is 6.54 Å². The molecule has 1 saturated carbocycles. The van der Waals surface area contributed by atoms with E-state index in [0.717, 1.165) is 18.1 Å². The second-order valence-corrected chi connectivity index (χ2v) is 6.94. The molecule has 3 N–H and O–H groups in total. The topological polar surface area (TPSA) is 56.7 Å². The lowest BCUT2D eigenvalue weighted by Crippen LogP contribution is -2.45. The Bertz CT molecular complexity index is 489. The molecular weight excluding hydrogens is 401 g/mol. The van der Waals surface area contributed by atoms with Crippen molar-refractivity contribution in [3.8, 4) is 5.75 Å². The van der Waals surface area contributed by atoms with Gasteiger partial charge in [-0.15, -0.1) is 24.0 Å². The highest BCUT2D eigenvalue weighted by molar-refractivity contribution is 14.0. The van der Waals surface area contributed by atoms with Crippen molar-refractivity contribution >= 4 is 29.9 Å². The number of benzene rings is 1. The summed E-state index contributed by atoms with van der Waals surface area (Å²) < 4.78 is 0. The predicted molar refractivity (Wildman–Crippen MR) is 108 cm³/mol. The first-order valence-corrected chi connectivity index (χ1v) is 8.31. The summed E-state index contributed by atoms with van der Waals surface area (Å²) in [4.78, 5) is 4.66. The van der Waals surface area contributed by atoms with Crippen LogP contribution in [0.3, 0.4) is 0 Å². The quantitative estimate of drug-likeness (QED) is 0.383. The molecular formula is C18H30IN3O. The Hall–Kier alpha value is -0.980. The number of hydrogen-bond acceptors (Lipinski definition) is 2. The fraction of sp³-hybridized carbons (Fsp3) is 0.611. The highest BCUT2D eigenvalue weighted by Crippen LogP contribution is 2.34. The summed E-state index contributed by atoms with van der Waals surface area (Å²) in [5.41, 5.74) is 1.58. The van der Waals surface area contributed by atoms with E-state index in [4.69, 9.17) is 0 Å². The lowest BCUT2D eigenvalue weighted by molar-refractivity contribution is 0.216. The lowest BCUT2D eigenvalue weighted by Gasteiger charge is -2.35. The van der Waals surface area contributed by atoms with Crippen molar-refractivity contribution < 1.29 is 5.11 Å². The van der Waals surface area contributed by atoms with Gasteiger partial charge in [0.1, 0.15) is 5.75 Å². The second-order valence-electron chi connectivity index (χ2n) is 6.94. The summed E-state index contributed by atoms with van der Waals surface area (Å²) in [5, 5.41) is 16.2. The largest absolute Gasteiger partial charge is 0.508 e. The fourth-order valence-electron chi connectivity index (χ4n) is 2.83. The Morgan fingerprint density at radius 2 is 1.83 bits per heavy atom. The first-order chi connectivity index (χ1) is 10.5. The van der Waals surface area contributed by atoms with Crippen molar-refractivity contribution in [2.24, 2.45) is 10.4 Å². The summed E-state index contributed by atoms with van der Waals surface area (Å²) in [6, 6.07) is 7.74. The van der Waals surface area contributed by atoms with Crippen molar-refractivity contribution in [3.63, 3.8) is 0 Å². The number of hydrogen-bond donors (Lipinski definition) is 3. The van der Waals surface area contributed by atoms with Gasteiger partial charge in [0.2, 0.25) is 0 Å². The van der Waals surface area contributed by atoms with Crippen molar-refractivity contribution in [3.05, 3.63) is 29.8 Å². The first-order valence-electron chi connectivity index (χ1n) is 8.31. The summed E-state index contributed by atoms with van der Waals surface area (Å²) in [6.45, 7) is 8.27. The van der Waals surface area contributed by atoms with E-state index in [1.807, 2.05) is 12.1 Å². The van der Waals surface area contributed by atoms with E-state index < -0.39 is 0 Å². The zero-order valence-electron chi connectivity index (χ0n) is 14.4. The van der Waals surface area contributed by atoms with Crippen LogP contribution >= 0.6 is 24.0 Å². The first kappa shape index (κ1) is 20.1. The highest BCUT2D eigenvalue weighted by Gasteiger charge is 2.27. The van der Waals surface area contributed by atoms with Crippen molar-refractivity contribution in [2.75, 3.05) is 6.54 Å². The monoisotopic (exact) mass is 431 g/mol. The van der Waals surface area contributed by atoms with Crippen molar-refractivity contribution in [2.45, 2.75) is 59.0 Å². The molecule has 0 spiro atoms. The minimum atomic E-state index is 0. The number of guanidine groups is 1. The van der Waals surface area contributed by atoms with Crippen LogP contribution in [0, 0.1) is 5.41 Å². The molecule has 2 rings (SSSR count). The van der Waals surface area contributed by atoms with Gasteiger partial charge in [0, 0.05) is 12.6 Å². The SMILES string of the molecule is CCNC(=NCc1ccc(O)cc1)NC1CCC(C)(C)CC1.I. The maximum Gasteiger partial charge on any atom is 0.191 e.